The summed E-state index contributed by atoms with van der Waals surface area (Å²) >= 11 is 0. The van der Waals surface area contributed by atoms with Crippen molar-refractivity contribution in [2.24, 2.45) is 5.92 Å². The lowest BCUT2D eigenvalue weighted by Crippen LogP contribution is -2.30. The Bertz CT molecular complexity index is 315. The maximum absolute atomic E-state index is 3.55. The summed E-state index contributed by atoms with van der Waals surface area (Å²) in [6.45, 7) is 12.3. The lowest BCUT2D eigenvalue weighted by molar-refractivity contribution is 0.440. The van der Waals surface area contributed by atoms with Crippen LogP contribution in [0.2, 0.25) is 0 Å². The Hall–Kier alpha value is -0.820. The Morgan fingerprint density at radius 3 is 2.19 bits per heavy atom. The molecule has 0 aliphatic carbocycles. The van der Waals surface area contributed by atoms with Gasteiger partial charge in [-0.2, -0.15) is 0 Å². The van der Waals surface area contributed by atoms with Crippen molar-refractivity contribution in [3.05, 3.63) is 35.4 Å². The summed E-state index contributed by atoms with van der Waals surface area (Å²) in [6.07, 6.45) is 0. The maximum Gasteiger partial charge on any atom is 0.00250 e. The number of aryl methyl sites for hydroxylation is 1. The monoisotopic (exact) mass is 219 g/mol. The van der Waals surface area contributed by atoms with Crippen LogP contribution in [0.15, 0.2) is 24.3 Å². The minimum atomic E-state index is 0.560. The fraction of sp³-hybridized carbons (Fsp3) is 0.600. The van der Waals surface area contributed by atoms with Crippen molar-refractivity contribution in [1.82, 2.24) is 5.32 Å². The van der Waals surface area contributed by atoms with E-state index in [4.69, 9.17) is 0 Å². The summed E-state index contributed by atoms with van der Waals surface area (Å²) in [7, 11) is 0. The van der Waals surface area contributed by atoms with E-state index in [9.17, 15) is 0 Å². The molecule has 0 bridgehead atoms. The van der Waals surface area contributed by atoms with Crippen LogP contribution >= 0.6 is 0 Å². The molecule has 0 saturated heterocycles. The molecule has 0 spiro atoms. The molecule has 1 nitrogen and oxygen atoms in total. The molecule has 1 N–H and O–H groups in total. The van der Waals surface area contributed by atoms with E-state index in [1.54, 1.807) is 0 Å². The van der Waals surface area contributed by atoms with E-state index in [0.29, 0.717) is 17.9 Å². The van der Waals surface area contributed by atoms with E-state index >= 15 is 0 Å². The Morgan fingerprint density at radius 2 is 1.69 bits per heavy atom. The highest BCUT2D eigenvalue weighted by atomic mass is 14.9. The molecule has 0 aliphatic heterocycles. The Balaban J connectivity index is 2.82. The van der Waals surface area contributed by atoms with Gasteiger partial charge in [0, 0.05) is 12.6 Å². The first-order chi connectivity index (χ1) is 7.52. The summed E-state index contributed by atoms with van der Waals surface area (Å²) in [5.74, 6) is 1.29. The first-order valence-electron chi connectivity index (χ1n) is 6.31. The molecule has 0 radical (unpaired) electrons. The lowest BCUT2D eigenvalue weighted by atomic mass is 9.86. The zero-order valence-corrected chi connectivity index (χ0v) is 11.2. The van der Waals surface area contributed by atoms with Crippen LogP contribution in [-0.4, -0.2) is 12.6 Å². The molecule has 0 aromatic heterocycles. The van der Waals surface area contributed by atoms with Crippen LogP contribution in [0.25, 0.3) is 0 Å². The zero-order chi connectivity index (χ0) is 12.1. The molecule has 1 heteroatoms. The Labute approximate surface area is 100 Å². The van der Waals surface area contributed by atoms with E-state index in [1.807, 2.05) is 0 Å². The number of hydrogen-bond acceptors (Lipinski definition) is 1. The van der Waals surface area contributed by atoms with Gasteiger partial charge in [0.05, 0.1) is 0 Å². The summed E-state index contributed by atoms with van der Waals surface area (Å²) < 4.78 is 0. The molecule has 0 heterocycles. The predicted octanol–water partition coefficient (Wildman–Crippen LogP) is 3.73. The summed E-state index contributed by atoms with van der Waals surface area (Å²) in [4.78, 5) is 0. The van der Waals surface area contributed by atoms with Gasteiger partial charge in [-0.25, -0.2) is 0 Å². The third-order valence-corrected chi connectivity index (χ3v) is 3.14. The van der Waals surface area contributed by atoms with Crippen LogP contribution in [0.1, 0.15) is 44.7 Å². The normalized spacial score (nSPS) is 13.4. The molecule has 1 aromatic carbocycles. The average Bonchev–Trinajstić information content (AvgIpc) is 2.20. The van der Waals surface area contributed by atoms with Crippen LogP contribution < -0.4 is 5.32 Å². The average molecular weight is 219 g/mol. The van der Waals surface area contributed by atoms with Gasteiger partial charge in [-0.3, -0.25) is 0 Å². The van der Waals surface area contributed by atoms with Crippen LogP contribution in [-0.2, 0) is 0 Å². The van der Waals surface area contributed by atoms with Gasteiger partial charge >= 0.3 is 0 Å². The van der Waals surface area contributed by atoms with Gasteiger partial charge in [-0.1, -0.05) is 52.0 Å². The van der Waals surface area contributed by atoms with E-state index in [1.165, 1.54) is 11.1 Å². The van der Waals surface area contributed by atoms with Crippen molar-refractivity contribution >= 4 is 0 Å². The largest absolute Gasteiger partial charge is 0.314 e. The molecule has 16 heavy (non-hydrogen) atoms. The van der Waals surface area contributed by atoms with E-state index in [0.717, 1.165) is 6.54 Å². The molecule has 1 atom stereocenters. The number of nitrogens with one attached hydrogen (secondary N) is 1. The lowest BCUT2D eigenvalue weighted by Gasteiger charge is -2.24. The molecule has 0 amide bonds. The van der Waals surface area contributed by atoms with E-state index in [-0.39, 0.29) is 0 Å². The maximum atomic E-state index is 3.55. The summed E-state index contributed by atoms with van der Waals surface area (Å²) in [5, 5.41) is 3.55. The van der Waals surface area contributed by atoms with Crippen LogP contribution in [0.3, 0.4) is 0 Å². The number of hydrogen-bond donors (Lipinski definition) is 1. The fourth-order valence-electron chi connectivity index (χ4n) is 2.07. The third kappa shape index (κ3) is 3.64. The molecule has 1 rings (SSSR count). The van der Waals surface area contributed by atoms with E-state index < -0.39 is 0 Å². The minimum Gasteiger partial charge on any atom is -0.314 e. The van der Waals surface area contributed by atoms with Crippen LogP contribution in [0.4, 0.5) is 0 Å². The summed E-state index contributed by atoms with van der Waals surface area (Å²) in [5.41, 5.74) is 2.90. The van der Waals surface area contributed by atoms with Crippen molar-refractivity contribution < 1.29 is 0 Å². The third-order valence-electron chi connectivity index (χ3n) is 3.14. The van der Waals surface area contributed by atoms with Gasteiger partial charge in [-0.15, -0.1) is 0 Å². The smallest absolute Gasteiger partial charge is 0.00250 e. The fourth-order valence-corrected chi connectivity index (χ4v) is 2.07. The second-order valence-corrected chi connectivity index (χ2v) is 5.27. The molecule has 90 valence electrons. The van der Waals surface area contributed by atoms with Crippen molar-refractivity contribution in [1.29, 1.82) is 0 Å². The first kappa shape index (κ1) is 13.2. The topological polar surface area (TPSA) is 12.0 Å². The minimum absolute atomic E-state index is 0.560. The van der Waals surface area contributed by atoms with Crippen molar-refractivity contribution in [3.8, 4) is 0 Å². The van der Waals surface area contributed by atoms with E-state index in [2.05, 4.69) is 64.2 Å². The number of benzene rings is 1. The van der Waals surface area contributed by atoms with Crippen molar-refractivity contribution in [2.45, 2.75) is 46.6 Å². The molecule has 0 saturated carbocycles. The van der Waals surface area contributed by atoms with Gasteiger partial charge in [0.15, 0.2) is 0 Å². The van der Waals surface area contributed by atoms with Gasteiger partial charge in [0.2, 0.25) is 0 Å². The van der Waals surface area contributed by atoms with Gasteiger partial charge in [0.25, 0.3) is 0 Å². The highest BCUT2D eigenvalue weighted by molar-refractivity contribution is 5.29. The van der Waals surface area contributed by atoms with Gasteiger partial charge in [0.1, 0.15) is 0 Å². The Kier molecular flexibility index (Phi) is 5.01. The molecule has 1 unspecified atom stereocenters. The van der Waals surface area contributed by atoms with Crippen LogP contribution in [0, 0.1) is 12.8 Å². The quantitative estimate of drug-likeness (QED) is 0.795. The first-order valence-corrected chi connectivity index (χ1v) is 6.31. The summed E-state index contributed by atoms with van der Waals surface area (Å²) in [6, 6.07) is 9.30. The second kappa shape index (κ2) is 6.05. The zero-order valence-electron chi connectivity index (χ0n) is 11.2. The van der Waals surface area contributed by atoms with Crippen molar-refractivity contribution in [2.75, 3.05) is 6.54 Å². The molecular weight excluding hydrogens is 194 g/mol. The SMILES string of the molecule is Cc1ccccc1C(CNC(C)C)C(C)C. The molecule has 0 aliphatic rings. The van der Waals surface area contributed by atoms with Gasteiger partial charge < -0.3 is 5.32 Å². The highest BCUT2D eigenvalue weighted by Crippen LogP contribution is 2.26. The number of rotatable bonds is 5. The molecule has 1 aromatic rings. The van der Waals surface area contributed by atoms with Gasteiger partial charge in [-0.05, 0) is 29.9 Å². The standard InChI is InChI=1S/C15H25N/c1-11(2)15(10-16-12(3)4)14-9-7-6-8-13(14)5/h6-9,11-12,15-16H,10H2,1-5H3. The predicted molar refractivity (Wildman–Crippen MR) is 71.9 cm³/mol. The molecular formula is C15H25N. The van der Waals surface area contributed by atoms with Crippen LogP contribution in [0.5, 0.6) is 0 Å². The Morgan fingerprint density at radius 1 is 1.06 bits per heavy atom. The molecule has 0 fully saturated rings. The second-order valence-electron chi connectivity index (χ2n) is 5.27. The highest BCUT2D eigenvalue weighted by Gasteiger charge is 2.17. The van der Waals surface area contributed by atoms with Crippen molar-refractivity contribution in [3.63, 3.8) is 0 Å².